The number of aryl methyl sites for hydroxylation is 1. The highest BCUT2D eigenvalue weighted by Crippen LogP contribution is 2.31. The Balaban J connectivity index is 0.000000483. The summed E-state index contributed by atoms with van der Waals surface area (Å²) in [5.74, 6) is 1.49. The molecule has 1 aliphatic rings. The monoisotopic (exact) mass is 509 g/mol. The van der Waals surface area contributed by atoms with E-state index >= 15 is 0 Å². The van der Waals surface area contributed by atoms with E-state index in [9.17, 15) is 0 Å². The fourth-order valence-electron chi connectivity index (χ4n) is 2.90. The largest absolute Gasteiger partial charge is 0.493 e. The number of hydrogen-bond acceptors (Lipinski definition) is 9. The van der Waals surface area contributed by atoms with Crippen molar-refractivity contribution in [2.75, 3.05) is 53.0 Å². The minimum absolute atomic E-state index is 0.456. The molecular weight excluding hydrogens is 470 g/mol. The summed E-state index contributed by atoms with van der Waals surface area (Å²) >= 11 is 5.69. The van der Waals surface area contributed by atoms with Gasteiger partial charge in [-0.05, 0) is 50.3 Å². The van der Waals surface area contributed by atoms with E-state index in [2.05, 4.69) is 40.7 Å². The van der Waals surface area contributed by atoms with E-state index in [1.165, 1.54) is 51.8 Å². The smallest absolute Gasteiger partial charge is 0.141 e. The summed E-state index contributed by atoms with van der Waals surface area (Å²) in [4.78, 5) is 9.19. The summed E-state index contributed by atoms with van der Waals surface area (Å²) in [7, 11) is 1.50. The first-order chi connectivity index (χ1) is 16.6. The highest BCUT2D eigenvalue weighted by molar-refractivity contribution is 7.95. The van der Waals surface area contributed by atoms with Gasteiger partial charge < -0.3 is 35.4 Å². The summed E-state index contributed by atoms with van der Waals surface area (Å²) < 4.78 is 11.5. The predicted molar refractivity (Wildman–Crippen MR) is 145 cm³/mol. The van der Waals surface area contributed by atoms with Crippen molar-refractivity contribution in [3.8, 4) is 11.5 Å². The van der Waals surface area contributed by atoms with Crippen LogP contribution < -0.4 is 25.7 Å². The third-order valence-corrected chi connectivity index (χ3v) is 5.91. The summed E-state index contributed by atoms with van der Waals surface area (Å²) in [5.41, 5.74) is 10.6. The summed E-state index contributed by atoms with van der Waals surface area (Å²) in [6.07, 6.45) is 1.83. The molecule has 1 aliphatic heterocycles. The minimum Gasteiger partial charge on any atom is -0.493 e. The van der Waals surface area contributed by atoms with Gasteiger partial charge in [-0.1, -0.05) is 24.2 Å². The Morgan fingerprint density at radius 3 is 2.47 bits per heavy atom. The molecule has 1 fully saturated rings. The van der Waals surface area contributed by atoms with Gasteiger partial charge in [-0.2, -0.15) is 0 Å². The molecule has 10 heteroatoms. The molecule has 0 atom stereocenters. The van der Waals surface area contributed by atoms with Crippen LogP contribution >= 0.6 is 24.7 Å². The van der Waals surface area contributed by atoms with Gasteiger partial charge in [-0.25, -0.2) is 0 Å². The normalized spacial score (nSPS) is 13.3. The summed E-state index contributed by atoms with van der Waals surface area (Å²) in [6, 6.07) is 13.6. The average molecular weight is 510 g/mol. The third-order valence-electron chi connectivity index (χ3n) is 4.56. The van der Waals surface area contributed by atoms with Crippen LogP contribution in [0.3, 0.4) is 0 Å². The van der Waals surface area contributed by atoms with Gasteiger partial charge in [0.2, 0.25) is 0 Å². The molecule has 0 bridgehead atoms. The molecule has 0 amide bonds. The number of nitrogens with one attached hydrogen (secondary N) is 1. The number of rotatable bonds is 10. The number of likely N-dealkylation sites (N-methyl/N-ethyl adjacent to an activating group) is 1. The van der Waals surface area contributed by atoms with Gasteiger partial charge in [0, 0.05) is 43.6 Å². The predicted octanol–water partition coefficient (Wildman–Crippen LogP) is 3.54. The van der Waals surface area contributed by atoms with Crippen molar-refractivity contribution in [1.29, 1.82) is 0 Å². The molecule has 8 nitrogen and oxygen atoms in total. The zero-order chi connectivity index (χ0) is 25.0. The highest BCUT2D eigenvalue weighted by atomic mass is 32.2. The lowest BCUT2D eigenvalue weighted by Crippen LogP contribution is -2.43. The van der Waals surface area contributed by atoms with Crippen molar-refractivity contribution in [3.63, 3.8) is 0 Å². The molecule has 2 aromatic carbocycles. The molecule has 1 heterocycles. The quantitative estimate of drug-likeness (QED) is 0.0962. The lowest BCUT2D eigenvalue weighted by molar-refractivity contribution is 0.128. The molecule has 0 unspecified atom stereocenters. The van der Waals surface area contributed by atoms with Gasteiger partial charge in [0.05, 0.1) is 23.5 Å². The van der Waals surface area contributed by atoms with Crippen LogP contribution in [0.25, 0.3) is 0 Å². The lowest BCUT2D eigenvalue weighted by atomic mass is 10.2. The van der Waals surface area contributed by atoms with Crippen LogP contribution in [0.5, 0.6) is 11.5 Å². The SMILES string of the molecule is CCN1CCNCC1.CN.Cc1cc(OCCCON=CN)cc(OSc2ccccc2S)c1. The maximum atomic E-state index is 5.78. The molecule has 5 N–H and O–H groups in total. The average Bonchev–Trinajstić information content (AvgIpc) is 2.87. The van der Waals surface area contributed by atoms with Crippen molar-refractivity contribution < 1.29 is 13.8 Å². The molecule has 0 radical (unpaired) electrons. The van der Waals surface area contributed by atoms with Gasteiger partial charge in [-0.3, -0.25) is 0 Å². The van der Waals surface area contributed by atoms with Crippen molar-refractivity contribution in [1.82, 2.24) is 10.2 Å². The number of piperazine rings is 1. The van der Waals surface area contributed by atoms with Gasteiger partial charge in [0.1, 0.15) is 24.4 Å². The van der Waals surface area contributed by atoms with E-state index in [0.717, 1.165) is 33.2 Å². The Hall–Kier alpha value is -2.11. The second-order valence-electron chi connectivity index (χ2n) is 7.09. The molecule has 1 saturated heterocycles. The van der Waals surface area contributed by atoms with Gasteiger partial charge in [0.15, 0.2) is 0 Å². The second kappa shape index (κ2) is 19.2. The Morgan fingerprint density at radius 1 is 1.12 bits per heavy atom. The molecule has 0 saturated carbocycles. The maximum Gasteiger partial charge on any atom is 0.141 e. The van der Waals surface area contributed by atoms with E-state index in [4.69, 9.17) is 19.5 Å². The third kappa shape index (κ3) is 13.0. The first-order valence-electron chi connectivity index (χ1n) is 11.4. The first kappa shape index (κ1) is 29.9. The van der Waals surface area contributed by atoms with Crippen molar-refractivity contribution in [2.45, 2.75) is 30.1 Å². The van der Waals surface area contributed by atoms with Crippen LogP contribution in [0.2, 0.25) is 0 Å². The molecule has 190 valence electrons. The number of hydrogen-bond donors (Lipinski definition) is 4. The van der Waals surface area contributed by atoms with E-state index < -0.39 is 0 Å². The van der Waals surface area contributed by atoms with E-state index in [1.807, 2.05) is 49.4 Å². The Morgan fingerprint density at radius 2 is 1.82 bits per heavy atom. The number of nitrogens with two attached hydrogens (primary N) is 2. The van der Waals surface area contributed by atoms with Gasteiger partial charge in [0.25, 0.3) is 0 Å². The molecule has 0 aliphatic carbocycles. The van der Waals surface area contributed by atoms with Crippen LogP contribution in [-0.4, -0.2) is 64.2 Å². The molecular formula is C24H39N5O3S2. The lowest BCUT2D eigenvalue weighted by Gasteiger charge is -2.25. The van der Waals surface area contributed by atoms with E-state index in [1.54, 1.807) is 0 Å². The standard InChI is InChI=1S/C17H20N2O3S2.C6H14N2.CH5N/c1-13-9-14(20-7-4-8-21-19-12-18)11-15(10-13)22-24-17-6-3-2-5-16(17)23;1-2-8-5-3-7-4-6-8;1-2/h2-3,5-6,9-12,23H,4,7-8H2,1H3,(H2,18,19);7H,2-6H2,1H3;2H2,1H3. The van der Waals surface area contributed by atoms with Gasteiger partial charge in [-0.15, -0.1) is 12.6 Å². The van der Waals surface area contributed by atoms with Gasteiger partial charge >= 0.3 is 0 Å². The van der Waals surface area contributed by atoms with Crippen LogP contribution in [-0.2, 0) is 4.84 Å². The molecule has 34 heavy (non-hydrogen) atoms. The van der Waals surface area contributed by atoms with E-state index in [-0.39, 0.29) is 0 Å². The maximum absolute atomic E-state index is 5.78. The number of benzene rings is 2. The fourth-order valence-corrected chi connectivity index (χ4v) is 3.74. The number of ether oxygens (including phenoxy) is 1. The molecule has 3 rings (SSSR count). The van der Waals surface area contributed by atoms with E-state index in [0.29, 0.717) is 19.6 Å². The van der Waals surface area contributed by atoms with Crippen LogP contribution in [0.4, 0.5) is 0 Å². The highest BCUT2D eigenvalue weighted by Gasteiger charge is 2.06. The number of nitrogens with zero attached hydrogens (tertiary/aromatic N) is 2. The summed E-state index contributed by atoms with van der Waals surface area (Å²) in [5, 5.41) is 6.78. The molecule has 0 aromatic heterocycles. The zero-order valence-electron chi connectivity index (χ0n) is 20.4. The Kier molecular flexibility index (Phi) is 16.9. The Labute approximate surface area is 214 Å². The van der Waals surface area contributed by atoms with Crippen molar-refractivity contribution >= 4 is 31.0 Å². The topological polar surface area (TPSA) is 107 Å². The second-order valence-corrected chi connectivity index (χ2v) is 8.35. The molecule has 2 aromatic rings. The summed E-state index contributed by atoms with van der Waals surface area (Å²) in [6.45, 7) is 11.2. The van der Waals surface area contributed by atoms with Crippen LogP contribution in [0.15, 0.2) is 57.4 Å². The first-order valence-corrected chi connectivity index (χ1v) is 12.5. The Bertz CT molecular complexity index is 821. The molecule has 0 spiro atoms. The number of thiol groups is 1. The zero-order valence-corrected chi connectivity index (χ0v) is 22.1. The minimum atomic E-state index is 0.456. The van der Waals surface area contributed by atoms with Crippen molar-refractivity contribution in [2.24, 2.45) is 16.6 Å². The fraction of sp³-hybridized carbons (Fsp3) is 0.458. The number of oxime groups is 1. The van der Waals surface area contributed by atoms with Crippen molar-refractivity contribution in [3.05, 3.63) is 48.0 Å². The van der Waals surface area contributed by atoms with Crippen LogP contribution in [0, 0.1) is 6.92 Å². The van der Waals surface area contributed by atoms with Crippen LogP contribution in [0.1, 0.15) is 18.9 Å².